The van der Waals surface area contributed by atoms with E-state index >= 15 is 0 Å². The molecular weight excluding hydrogens is 221 g/mol. The molecule has 0 unspecified atom stereocenters. The van der Waals surface area contributed by atoms with Crippen molar-refractivity contribution in [1.82, 2.24) is 0 Å². The van der Waals surface area contributed by atoms with Crippen molar-refractivity contribution in [3.8, 4) is 6.07 Å². The molecule has 0 fully saturated rings. The predicted molar refractivity (Wildman–Crippen MR) is 52.0 cm³/mol. The zero-order valence-corrected chi connectivity index (χ0v) is 8.64. The van der Waals surface area contributed by atoms with Crippen molar-refractivity contribution in [2.75, 3.05) is 7.11 Å². The molecule has 15 heavy (non-hydrogen) atoms. The van der Waals surface area contributed by atoms with Crippen LogP contribution in [0.5, 0.6) is 0 Å². The molecule has 5 heteroatoms. The topological polar surface area (TPSA) is 50.1 Å². The molecule has 0 saturated heterocycles. The fourth-order valence-corrected chi connectivity index (χ4v) is 1.40. The third kappa shape index (κ3) is 2.08. The Kier molecular flexibility index (Phi) is 3.64. The SMILES string of the molecule is COC(=O)c1c(CCl)ccc(F)c1C#N. The van der Waals surface area contributed by atoms with E-state index in [9.17, 15) is 9.18 Å². The highest BCUT2D eigenvalue weighted by atomic mass is 35.5. The van der Waals surface area contributed by atoms with Crippen LogP contribution in [0.1, 0.15) is 21.5 Å². The van der Waals surface area contributed by atoms with Crippen molar-refractivity contribution in [1.29, 1.82) is 5.26 Å². The number of methoxy groups -OCH3 is 1. The van der Waals surface area contributed by atoms with Crippen LogP contribution in [-0.4, -0.2) is 13.1 Å². The van der Waals surface area contributed by atoms with Gasteiger partial charge < -0.3 is 4.74 Å². The number of hydrogen-bond donors (Lipinski definition) is 0. The third-order valence-electron chi connectivity index (χ3n) is 1.89. The molecule has 78 valence electrons. The number of alkyl halides is 1. The molecule has 0 N–H and O–H groups in total. The Bertz CT molecular complexity index is 440. The molecule has 0 aliphatic heterocycles. The Labute approximate surface area is 91.0 Å². The molecular formula is C10H7ClFNO2. The molecule has 0 aliphatic rings. The van der Waals surface area contributed by atoms with Crippen molar-refractivity contribution in [2.45, 2.75) is 5.88 Å². The minimum atomic E-state index is -0.762. The van der Waals surface area contributed by atoms with Gasteiger partial charge >= 0.3 is 5.97 Å². The highest BCUT2D eigenvalue weighted by Gasteiger charge is 2.19. The number of benzene rings is 1. The van der Waals surface area contributed by atoms with E-state index in [0.717, 1.165) is 13.2 Å². The largest absolute Gasteiger partial charge is 0.465 e. The first-order chi connectivity index (χ1) is 7.15. The summed E-state index contributed by atoms with van der Waals surface area (Å²) >= 11 is 5.57. The van der Waals surface area contributed by atoms with Gasteiger partial charge in [0.1, 0.15) is 17.4 Å². The summed E-state index contributed by atoms with van der Waals surface area (Å²) in [7, 11) is 1.16. The van der Waals surface area contributed by atoms with E-state index in [2.05, 4.69) is 4.74 Å². The van der Waals surface area contributed by atoms with Crippen LogP contribution in [0, 0.1) is 17.1 Å². The maximum absolute atomic E-state index is 13.2. The van der Waals surface area contributed by atoms with Gasteiger partial charge in [0.2, 0.25) is 0 Å². The molecule has 3 nitrogen and oxygen atoms in total. The second kappa shape index (κ2) is 4.76. The molecule has 0 heterocycles. The summed E-state index contributed by atoms with van der Waals surface area (Å²) in [6.07, 6.45) is 0. The summed E-state index contributed by atoms with van der Waals surface area (Å²) in [6.45, 7) is 0. The van der Waals surface area contributed by atoms with E-state index < -0.39 is 11.8 Å². The van der Waals surface area contributed by atoms with Crippen LogP contribution in [0.25, 0.3) is 0 Å². The van der Waals surface area contributed by atoms with E-state index in [-0.39, 0.29) is 17.0 Å². The van der Waals surface area contributed by atoms with Gasteiger partial charge in [-0.15, -0.1) is 11.6 Å². The average molecular weight is 228 g/mol. The molecule has 0 saturated carbocycles. The number of halogens is 2. The fraction of sp³-hybridized carbons (Fsp3) is 0.200. The molecule has 0 radical (unpaired) electrons. The summed E-state index contributed by atoms with van der Waals surface area (Å²) < 4.78 is 17.7. The lowest BCUT2D eigenvalue weighted by Crippen LogP contribution is -2.09. The minimum absolute atomic E-state index is 0.0133. The van der Waals surface area contributed by atoms with Crippen LogP contribution in [-0.2, 0) is 10.6 Å². The molecule has 1 rings (SSSR count). The van der Waals surface area contributed by atoms with Gasteiger partial charge in [-0.1, -0.05) is 6.07 Å². The summed E-state index contributed by atoms with van der Waals surface area (Å²) in [5.41, 5.74) is -0.0588. The highest BCUT2D eigenvalue weighted by Crippen LogP contribution is 2.20. The van der Waals surface area contributed by atoms with Crippen molar-refractivity contribution in [3.05, 3.63) is 34.6 Å². The van der Waals surface area contributed by atoms with Crippen LogP contribution < -0.4 is 0 Å². The number of esters is 1. The van der Waals surface area contributed by atoms with E-state index in [0.29, 0.717) is 5.56 Å². The summed E-state index contributed by atoms with van der Waals surface area (Å²) in [6, 6.07) is 4.08. The maximum atomic E-state index is 13.2. The standard InChI is InChI=1S/C10H7ClFNO2/c1-15-10(14)9-6(4-11)2-3-8(12)7(9)5-13/h2-3H,4H2,1H3. The first-order valence-electron chi connectivity index (χ1n) is 4.01. The highest BCUT2D eigenvalue weighted by molar-refractivity contribution is 6.17. The number of rotatable bonds is 2. The summed E-state index contributed by atoms with van der Waals surface area (Å²) in [4.78, 5) is 11.3. The van der Waals surface area contributed by atoms with Crippen molar-refractivity contribution in [3.63, 3.8) is 0 Å². The Morgan fingerprint density at radius 1 is 1.67 bits per heavy atom. The van der Waals surface area contributed by atoms with E-state index in [4.69, 9.17) is 16.9 Å². The van der Waals surface area contributed by atoms with Crippen LogP contribution in [0.2, 0.25) is 0 Å². The zero-order chi connectivity index (χ0) is 11.4. The lowest BCUT2D eigenvalue weighted by atomic mass is 10.0. The molecule has 0 aromatic heterocycles. The predicted octanol–water partition coefficient (Wildman–Crippen LogP) is 2.22. The second-order valence-electron chi connectivity index (χ2n) is 2.69. The van der Waals surface area contributed by atoms with Gasteiger partial charge in [0.25, 0.3) is 0 Å². The van der Waals surface area contributed by atoms with Crippen LogP contribution in [0.15, 0.2) is 12.1 Å². The van der Waals surface area contributed by atoms with Crippen LogP contribution in [0.4, 0.5) is 4.39 Å². The number of carbonyl (C=O) groups is 1. The first-order valence-corrected chi connectivity index (χ1v) is 4.55. The van der Waals surface area contributed by atoms with Gasteiger partial charge in [-0.3, -0.25) is 0 Å². The van der Waals surface area contributed by atoms with Gasteiger partial charge in [0.05, 0.1) is 12.7 Å². The van der Waals surface area contributed by atoms with Crippen LogP contribution in [0.3, 0.4) is 0 Å². The van der Waals surface area contributed by atoms with E-state index in [1.165, 1.54) is 6.07 Å². The number of hydrogen-bond acceptors (Lipinski definition) is 3. The quantitative estimate of drug-likeness (QED) is 0.575. The zero-order valence-electron chi connectivity index (χ0n) is 7.88. The number of nitriles is 1. The Morgan fingerprint density at radius 2 is 2.33 bits per heavy atom. The summed E-state index contributed by atoms with van der Waals surface area (Å²) in [5.74, 6) is -1.51. The number of nitrogens with zero attached hydrogens (tertiary/aromatic N) is 1. The fourth-order valence-electron chi connectivity index (χ4n) is 1.18. The van der Waals surface area contributed by atoms with Crippen LogP contribution >= 0.6 is 11.6 Å². The van der Waals surface area contributed by atoms with Crippen molar-refractivity contribution in [2.24, 2.45) is 0 Å². The van der Waals surface area contributed by atoms with E-state index in [1.54, 1.807) is 6.07 Å². The molecule has 1 aromatic carbocycles. The Morgan fingerprint density at radius 3 is 2.80 bits per heavy atom. The van der Waals surface area contributed by atoms with Gasteiger partial charge in [0, 0.05) is 5.88 Å². The summed E-state index contributed by atoms with van der Waals surface area (Å²) in [5, 5.41) is 8.72. The monoisotopic (exact) mass is 227 g/mol. The minimum Gasteiger partial charge on any atom is -0.465 e. The van der Waals surface area contributed by atoms with Gasteiger partial charge in [-0.25, -0.2) is 9.18 Å². The van der Waals surface area contributed by atoms with Crippen molar-refractivity contribution >= 4 is 17.6 Å². The first kappa shape index (κ1) is 11.5. The lowest BCUT2D eigenvalue weighted by Gasteiger charge is -2.07. The smallest absolute Gasteiger partial charge is 0.339 e. The molecule has 0 bridgehead atoms. The van der Waals surface area contributed by atoms with Crippen molar-refractivity contribution < 1.29 is 13.9 Å². The van der Waals surface area contributed by atoms with Gasteiger partial charge in [-0.2, -0.15) is 5.26 Å². The van der Waals surface area contributed by atoms with Gasteiger partial charge in [-0.05, 0) is 11.6 Å². The second-order valence-corrected chi connectivity index (χ2v) is 2.96. The maximum Gasteiger partial charge on any atom is 0.339 e. The third-order valence-corrected chi connectivity index (χ3v) is 2.17. The lowest BCUT2D eigenvalue weighted by molar-refractivity contribution is 0.0599. The molecule has 0 amide bonds. The normalized spacial score (nSPS) is 9.47. The Hall–Kier alpha value is -1.60. The van der Waals surface area contributed by atoms with Gasteiger partial charge in [0.15, 0.2) is 0 Å². The number of ether oxygens (including phenoxy) is 1. The van der Waals surface area contributed by atoms with E-state index in [1.807, 2.05) is 0 Å². The molecule has 0 atom stereocenters. The average Bonchev–Trinajstić information content (AvgIpc) is 2.27. The molecule has 1 aromatic rings. The molecule has 0 aliphatic carbocycles. The Balaban J connectivity index is 3.49. The molecule has 0 spiro atoms. The number of carbonyl (C=O) groups excluding carboxylic acids is 1.